The lowest BCUT2D eigenvalue weighted by atomic mass is 10.2. The van der Waals surface area contributed by atoms with Gasteiger partial charge in [-0.15, -0.1) is 0 Å². The van der Waals surface area contributed by atoms with Crippen molar-refractivity contribution >= 4 is 16.7 Å². The largest absolute Gasteiger partial charge is 0.374 e. The molecular weight excluding hydrogens is 246 g/mol. The first kappa shape index (κ1) is 10.8. The second-order valence-electron chi connectivity index (χ2n) is 3.61. The van der Waals surface area contributed by atoms with Crippen LogP contribution in [0.1, 0.15) is 0 Å². The summed E-state index contributed by atoms with van der Waals surface area (Å²) in [4.78, 5) is 12.7. The number of aromatic nitrogens is 4. The van der Waals surface area contributed by atoms with Crippen LogP contribution in [-0.2, 0) is 0 Å². The van der Waals surface area contributed by atoms with Crippen LogP contribution < -0.4 is 5.73 Å². The van der Waals surface area contributed by atoms with Crippen molar-refractivity contribution in [2.45, 2.75) is 0 Å². The molecule has 3 aromatic rings. The van der Waals surface area contributed by atoms with Crippen LogP contribution in [0.4, 0.5) is 5.13 Å². The Balaban J connectivity index is 2.05. The molecule has 0 bridgehead atoms. The van der Waals surface area contributed by atoms with Crippen LogP contribution in [0.3, 0.4) is 0 Å². The van der Waals surface area contributed by atoms with Gasteiger partial charge in [0.1, 0.15) is 5.69 Å². The number of hydrogen-bond acceptors (Lipinski definition) is 6. The number of nitrogens with two attached hydrogens (primary N) is 1. The highest BCUT2D eigenvalue weighted by Gasteiger charge is 2.07. The predicted octanol–water partition coefficient (Wildman–Crippen LogP) is 2.24. The molecule has 3 heterocycles. The summed E-state index contributed by atoms with van der Waals surface area (Å²) in [6, 6.07) is 9.55. The van der Waals surface area contributed by atoms with Gasteiger partial charge in [-0.25, -0.2) is 4.98 Å². The van der Waals surface area contributed by atoms with Crippen molar-refractivity contribution in [1.82, 2.24) is 19.3 Å². The Bertz CT molecular complexity index is 665. The first-order chi connectivity index (χ1) is 8.83. The Morgan fingerprint density at radius 3 is 2.61 bits per heavy atom. The number of nitrogen functional groups attached to an aromatic ring is 1. The van der Waals surface area contributed by atoms with Gasteiger partial charge in [0.05, 0.1) is 5.69 Å². The number of nitrogens with zero attached hydrogens (tertiary/aromatic N) is 4. The highest BCUT2D eigenvalue weighted by atomic mass is 32.1. The van der Waals surface area contributed by atoms with Gasteiger partial charge in [0, 0.05) is 29.5 Å². The molecule has 18 heavy (non-hydrogen) atoms. The molecule has 0 atom stereocenters. The van der Waals surface area contributed by atoms with Crippen LogP contribution in [0.2, 0.25) is 0 Å². The van der Waals surface area contributed by atoms with E-state index in [9.17, 15) is 0 Å². The maximum atomic E-state index is 5.57. The predicted molar refractivity (Wildman–Crippen MR) is 70.8 cm³/mol. The van der Waals surface area contributed by atoms with E-state index in [1.165, 1.54) is 11.5 Å². The first-order valence-corrected chi connectivity index (χ1v) is 6.07. The summed E-state index contributed by atoms with van der Waals surface area (Å²) in [6.07, 6.45) is 3.50. The summed E-state index contributed by atoms with van der Waals surface area (Å²) in [5.74, 6) is 0.559. The minimum absolute atomic E-state index is 0.443. The molecule has 0 aliphatic carbocycles. The van der Waals surface area contributed by atoms with Crippen molar-refractivity contribution in [3.63, 3.8) is 0 Å². The quantitative estimate of drug-likeness (QED) is 0.759. The number of rotatable bonds is 2. The van der Waals surface area contributed by atoms with E-state index >= 15 is 0 Å². The van der Waals surface area contributed by atoms with E-state index in [0.717, 1.165) is 11.3 Å². The van der Waals surface area contributed by atoms with Gasteiger partial charge >= 0.3 is 0 Å². The first-order valence-electron chi connectivity index (χ1n) is 5.30. The van der Waals surface area contributed by atoms with Crippen molar-refractivity contribution in [2.75, 3.05) is 5.73 Å². The Kier molecular flexibility index (Phi) is 2.70. The number of anilines is 1. The van der Waals surface area contributed by atoms with Gasteiger partial charge in [-0.2, -0.15) is 9.36 Å². The van der Waals surface area contributed by atoms with Crippen LogP contribution in [0, 0.1) is 0 Å². The molecular formula is C12H9N5S. The lowest BCUT2D eigenvalue weighted by molar-refractivity contribution is 1.23. The zero-order valence-corrected chi connectivity index (χ0v) is 10.1. The van der Waals surface area contributed by atoms with Crippen LogP contribution in [0.25, 0.3) is 22.8 Å². The van der Waals surface area contributed by atoms with Gasteiger partial charge in [-0.1, -0.05) is 6.07 Å². The van der Waals surface area contributed by atoms with Gasteiger partial charge < -0.3 is 5.73 Å². The summed E-state index contributed by atoms with van der Waals surface area (Å²) < 4.78 is 4.15. The van der Waals surface area contributed by atoms with Crippen LogP contribution in [0.5, 0.6) is 0 Å². The van der Waals surface area contributed by atoms with Gasteiger partial charge in [0.2, 0.25) is 0 Å². The lowest BCUT2D eigenvalue weighted by Gasteiger charge is -2.01. The highest BCUT2D eigenvalue weighted by molar-refractivity contribution is 7.09. The molecule has 0 saturated heterocycles. The Morgan fingerprint density at radius 1 is 1.00 bits per heavy atom. The smallest absolute Gasteiger partial charge is 0.200 e. The normalized spacial score (nSPS) is 10.4. The lowest BCUT2D eigenvalue weighted by Crippen LogP contribution is -1.90. The third-order valence-corrected chi connectivity index (χ3v) is 2.92. The zero-order chi connectivity index (χ0) is 12.4. The summed E-state index contributed by atoms with van der Waals surface area (Å²) in [7, 11) is 0. The summed E-state index contributed by atoms with van der Waals surface area (Å²) >= 11 is 1.17. The summed E-state index contributed by atoms with van der Waals surface area (Å²) in [5.41, 5.74) is 8.09. The van der Waals surface area contributed by atoms with Gasteiger partial charge in [-0.3, -0.25) is 4.98 Å². The molecule has 0 unspecified atom stereocenters. The van der Waals surface area contributed by atoms with Gasteiger partial charge in [-0.05, 0) is 24.3 Å². The second-order valence-corrected chi connectivity index (χ2v) is 4.39. The monoisotopic (exact) mass is 255 g/mol. The van der Waals surface area contributed by atoms with E-state index in [2.05, 4.69) is 19.3 Å². The highest BCUT2D eigenvalue weighted by Crippen LogP contribution is 2.21. The minimum Gasteiger partial charge on any atom is -0.374 e. The van der Waals surface area contributed by atoms with Crippen LogP contribution in [-0.4, -0.2) is 19.3 Å². The number of hydrogen-bond donors (Lipinski definition) is 1. The van der Waals surface area contributed by atoms with Crippen molar-refractivity contribution < 1.29 is 0 Å². The Morgan fingerprint density at radius 2 is 1.89 bits per heavy atom. The third-order valence-electron chi connectivity index (χ3n) is 2.38. The molecule has 5 nitrogen and oxygen atoms in total. The topological polar surface area (TPSA) is 77.6 Å². The van der Waals surface area contributed by atoms with Crippen LogP contribution >= 0.6 is 11.5 Å². The molecule has 0 amide bonds. The Hall–Kier alpha value is -2.34. The average Bonchev–Trinajstić information content (AvgIpc) is 2.87. The maximum Gasteiger partial charge on any atom is 0.200 e. The molecule has 0 aromatic carbocycles. The standard InChI is InChI=1S/C12H9N5S/c13-12-16-11(17-18-12)10-5-1-4-9(15-10)8-3-2-6-14-7-8/h1-7H,(H2,13,16,17). The van der Waals surface area contributed by atoms with Crippen molar-refractivity contribution in [3.05, 3.63) is 42.7 Å². The Labute approximate surface area is 108 Å². The van der Waals surface area contributed by atoms with Crippen molar-refractivity contribution in [2.24, 2.45) is 0 Å². The summed E-state index contributed by atoms with van der Waals surface area (Å²) in [6.45, 7) is 0. The van der Waals surface area contributed by atoms with Gasteiger partial charge in [0.25, 0.3) is 0 Å². The van der Waals surface area contributed by atoms with Gasteiger partial charge in [0.15, 0.2) is 11.0 Å². The molecule has 3 aromatic heterocycles. The average molecular weight is 255 g/mol. The SMILES string of the molecule is Nc1nc(-c2cccc(-c3cccnc3)n2)ns1. The van der Waals surface area contributed by atoms with Crippen LogP contribution in [0.15, 0.2) is 42.7 Å². The van der Waals surface area contributed by atoms with E-state index in [-0.39, 0.29) is 0 Å². The molecule has 0 fully saturated rings. The maximum absolute atomic E-state index is 5.57. The van der Waals surface area contributed by atoms with E-state index in [0.29, 0.717) is 16.6 Å². The van der Waals surface area contributed by atoms with E-state index in [1.54, 1.807) is 12.4 Å². The fourth-order valence-corrected chi connectivity index (χ4v) is 2.02. The fourth-order valence-electron chi connectivity index (χ4n) is 1.57. The third kappa shape index (κ3) is 2.05. The molecule has 0 saturated carbocycles. The molecule has 0 aliphatic heterocycles. The van der Waals surface area contributed by atoms with E-state index < -0.39 is 0 Å². The van der Waals surface area contributed by atoms with Crippen molar-refractivity contribution in [1.29, 1.82) is 0 Å². The van der Waals surface area contributed by atoms with Crippen molar-refractivity contribution in [3.8, 4) is 22.8 Å². The number of pyridine rings is 2. The second kappa shape index (κ2) is 4.50. The molecule has 0 aliphatic rings. The fraction of sp³-hybridized carbons (Fsp3) is 0. The minimum atomic E-state index is 0.443. The molecule has 6 heteroatoms. The summed E-state index contributed by atoms with van der Waals surface area (Å²) in [5, 5.41) is 0.443. The molecule has 0 radical (unpaired) electrons. The molecule has 0 spiro atoms. The molecule has 88 valence electrons. The van der Waals surface area contributed by atoms with E-state index in [1.807, 2.05) is 30.3 Å². The van der Waals surface area contributed by atoms with E-state index in [4.69, 9.17) is 5.73 Å². The zero-order valence-electron chi connectivity index (χ0n) is 9.32. The molecule has 3 rings (SSSR count). The molecule has 2 N–H and O–H groups in total.